The molecule has 1 amide bonds. The van der Waals surface area contributed by atoms with Crippen LogP contribution in [-0.4, -0.2) is 27.5 Å². The van der Waals surface area contributed by atoms with Crippen LogP contribution in [0.1, 0.15) is 34.7 Å². The van der Waals surface area contributed by atoms with Crippen LogP contribution in [0.2, 0.25) is 20.1 Å². The Labute approximate surface area is 220 Å². The van der Waals surface area contributed by atoms with Crippen LogP contribution >= 0.6 is 81.4 Å². The highest BCUT2D eigenvalue weighted by molar-refractivity contribution is 7.99. The molecule has 3 nitrogen and oxygen atoms in total. The molecule has 4 rings (SSSR count). The van der Waals surface area contributed by atoms with Crippen LogP contribution in [-0.2, 0) is 4.79 Å². The fourth-order valence-corrected chi connectivity index (χ4v) is 6.92. The van der Waals surface area contributed by atoms with Gasteiger partial charge in [-0.15, -0.1) is 23.2 Å². The monoisotopic (exact) mass is 569 g/mol. The highest BCUT2D eigenvalue weighted by Gasteiger charge is 2.67. The van der Waals surface area contributed by atoms with E-state index < -0.39 is 16.2 Å². The van der Waals surface area contributed by atoms with E-state index in [1.165, 1.54) is 0 Å². The van der Waals surface area contributed by atoms with E-state index in [4.69, 9.17) is 69.6 Å². The third kappa shape index (κ3) is 5.02. The smallest absolute Gasteiger partial charge is 0.231 e. The molecule has 10 heteroatoms. The second-order valence-electron chi connectivity index (χ2n) is 7.97. The molecule has 2 aromatic rings. The molecule has 170 valence electrons. The predicted molar refractivity (Wildman–Crippen MR) is 137 cm³/mol. The Bertz CT molecular complexity index is 1060. The molecule has 0 bridgehead atoms. The molecular weight excluding hydrogens is 555 g/mol. The number of nitrogens with one attached hydrogen (secondary N) is 1. The minimum Gasteiger partial charge on any atom is -0.326 e. The number of anilines is 1. The lowest BCUT2D eigenvalue weighted by atomic mass is 9.97. The fraction of sp³-hybridized carbons (Fsp3) is 0.364. The van der Waals surface area contributed by atoms with Crippen molar-refractivity contribution in [3.8, 4) is 0 Å². The average molecular weight is 572 g/mol. The quantitative estimate of drug-likeness (QED) is 0.216. The zero-order chi connectivity index (χ0) is 23.2. The summed E-state index contributed by atoms with van der Waals surface area (Å²) in [4.78, 5) is 25.7. The van der Waals surface area contributed by atoms with Crippen molar-refractivity contribution in [1.29, 1.82) is 0 Å². The first-order valence-electron chi connectivity index (χ1n) is 9.83. The molecule has 2 aliphatic rings. The summed E-state index contributed by atoms with van der Waals surface area (Å²) < 4.78 is -1.32. The second-order valence-corrected chi connectivity index (χ2v) is 12.2. The number of thioether (sulfide) groups is 1. The van der Waals surface area contributed by atoms with Gasteiger partial charge in [-0.05, 0) is 59.7 Å². The lowest BCUT2D eigenvalue weighted by Gasteiger charge is -2.11. The zero-order valence-corrected chi connectivity index (χ0v) is 21.8. The number of Topliss-reactive ketones (excluding diaryl/α,β-unsaturated/α-hetero) is 1. The molecule has 1 aliphatic heterocycles. The van der Waals surface area contributed by atoms with E-state index in [0.717, 1.165) is 17.9 Å². The topological polar surface area (TPSA) is 46.2 Å². The van der Waals surface area contributed by atoms with Crippen LogP contribution in [0.25, 0.3) is 0 Å². The van der Waals surface area contributed by atoms with Crippen LogP contribution < -0.4 is 5.32 Å². The maximum atomic E-state index is 13.0. The fourth-order valence-electron chi connectivity index (χ4n) is 3.98. The summed E-state index contributed by atoms with van der Waals surface area (Å²) in [7, 11) is 0. The highest BCUT2D eigenvalue weighted by Crippen LogP contribution is 2.65. The van der Waals surface area contributed by atoms with Gasteiger partial charge in [-0.1, -0.05) is 46.4 Å². The SMILES string of the molecule is O=C(CC1CCSC1)c1cc(NC(=O)C2C(c3cc(Cl)c(Cl)c(Cl)c3)C2(Cl)Cl)ccc1Cl. The third-order valence-electron chi connectivity index (χ3n) is 5.73. The van der Waals surface area contributed by atoms with Gasteiger partial charge >= 0.3 is 0 Å². The Hall–Kier alpha value is -0.330. The van der Waals surface area contributed by atoms with Crippen molar-refractivity contribution >= 4 is 98.7 Å². The maximum Gasteiger partial charge on any atom is 0.231 e. The molecule has 0 spiro atoms. The lowest BCUT2D eigenvalue weighted by Crippen LogP contribution is -2.17. The molecule has 1 saturated heterocycles. The van der Waals surface area contributed by atoms with E-state index in [0.29, 0.717) is 34.2 Å². The van der Waals surface area contributed by atoms with Crippen LogP contribution in [0.3, 0.4) is 0 Å². The van der Waals surface area contributed by atoms with Gasteiger partial charge in [0.2, 0.25) is 5.91 Å². The minimum atomic E-state index is -1.32. The van der Waals surface area contributed by atoms with E-state index in [-0.39, 0.29) is 26.8 Å². The Morgan fingerprint density at radius 3 is 2.34 bits per heavy atom. The first-order valence-corrected chi connectivity index (χ1v) is 13.3. The standard InChI is InChI=1S/C22H17Cl6NO2S/c23-14-2-1-12(8-13(14)17(30)5-10-3-4-32-9-10)29-21(31)19-18(22(19,27)28)11-6-15(24)20(26)16(25)7-11/h1-2,6-8,10,18-19H,3-5,9H2,(H,29,31). The zero-order valence-electron chi connectivity index (χ0n) is 16.4. The van der Waals surface area contributed by atoms with Crippen molar-refractivity contribution in [2.45, 2.75) is 23.1 Å². The van der Waals surface area contributed by atoms with Crippen molar-refractivity contribution in [2.75, 3.05) is 16.8 Å². The number of alkyl halides is 2. The van der Waals surface area contributed by atoms with Crippen LogP contribution in [0.4, 0.5) is 5.69 Å². The lowest BCUT2D eigenvalue weighted by molar-refractivity contribution is -0.117. The number of rotatable bonds is 6. The third-order valence-corrected chi connectivity index (χ3v) is 9.43. The number of halogens is 6. The summed E-state index contributed by atoms with van der Waals surface area (Å²) in [6.07, 6.45) is 1.47. The molecule has 1 saturated carbocycles. The number of carbonyl (C=O) groups excluding carboxylic acids is 2. The molecule has 0 radical (unpaired) electrons. The van der Waals surface area contributed by atoms with Gasteiger partial charge in [-0.25, -0.2) is 0 Å². The second kappa shape index (κ2) is 9.73. The average Bonchev–Trinajstić information content (AvgIpc) is 3.04. The summed E-state index contributed by atoms with van der Waals surface area (Å²) >= 11 is 39.2. The van der Waals surface area contributed by atoms with Gasteiger partial charge in [0.05, 0.1) is 26.0 Å². The Morgan fingerprint density at radius 1 is 1.03 bits per heavy atom. The number of amides is 1. The molecular formula is C22H17Cl6NO2S. The normalized spacial score (nSPS) is 23.8. The van der Waals surface area contributed by atoms with Gasteiger partial charge in [0.25, 0.3) is 0 Å². The molecule has 0 aromatic heterocycles. The van der Waals surface area contributed by atoms with Gasteiger partial charge < -0.3 is 5.32 Å². The summed E-state index contributed by atoms with van der Waals surface area (Å²) in [6, 6.07) is 8.05. The predicted octanol–water partition coefficient (Wildman–Crippen LogP) is 8.15. The molecule has 3 atom stereocenters. The van der Waals surface area contributed by atoms with Crippen LogP contribution in [0.15, 0.2) is 30.3 Å². The van der Waals surface area contributed by atoms with Crippen LogP contribution in [0, 0.1) is 11.8 Å². The number of benzene rings is 2. The number of ketones is 1. The number of hydrogen-bond acceptors (Lipinski definition) is 3. The van der Waals surface area contributed by atoms with E-state index in [1.807, 2.05) is 11.8 Å². The van der Waals surface area contributed by atoms with Gasteiger partial charge in [0.15, 0.2) is 5.78 Å². The first kappa shape index (κ1) is 24.8. The van der Waals surface area contributed by atoms with Crippen molar-refractivity contribution < 1.29 is 9.59 Å². The largest absolute Gasteiger partial charge is 0.326 e. The Morgan fingerprint density at radius 2 is 1.72 bits per heavy atom. The molecule has 1 heterocycles. The van der Waals surface area contributed by atoms with E-state index >= 15 is 0 Å². The summed E-state index contributed by atoms with van der Waals surface area (Å²) in [5.41, 5.74) is 1.47. The van der Waals surface area contributed by atoms with Crippen molar-refractivity contribution in [2.24, 2.45) is 11.8 Å². The van der Waals surface area contributed by atoms with Gasteiger partial charge in [0, 0.05) is 23.6 Å². The van der Waals surface area contributed by atoms with Crippen molar-refractivity contribution in [3.63, 3.8) is 0 Å². The minimum absolute atomic E-state index is 0.0302. The number of carbonyl (C=O) groups is 2. The van der Waals surface area contributed by atoms with Gasteiger partial charge in [-0.2, -0.15) is 11.8 Å². The van der Waals surface area contributed by atoms with Gasteiger partial charge in [-0.3, -0.25) is 9.59 Å². The molecule has 2 aromatic carbocycles. The van der Waals surface area contributed by atoms with Crippen molar-refractivity contribution in [3.05, 3.63) is 61.5 Å². The summed E-state index contributed by atoms with van der Waals surface area (Å²) in [6.45, 7) is 0. The van der Waals surface area contributed by atoms with Gasteiger partial charge in [0.1, 0.15) is 4.33 Å². The number of hydrogen-bond donors (Lipinski definition) is 1. The maximum absolute atomic E-state index is 13.0. The van der Waals surface area contributed by atoms with Crippen LogP contribution in [0.5, 0.6) is 0 Å². The molecule has 1 N–H and O–H groups in total. The summed E-state index contributed by atoms with van der Waals surface area (Å²) in [5, 5.41) is 3.90. The van der Waals surface area contributed by atoms with Crippen molar-refractivity contribution in [1.82, 2.24) is 0 Å². The molecule has 32 heavy (non-hydrogen) atoms. The molecule has 1 aliphatic carbocycles. The van der Waals surface area contributed by atoms with E-state index in [1.54, 1.807) is 30.3 Å². The Balaban J connectivity index is 1.49. The molecule has 2 fully saturated rings. The first-order chi connectivity index (χ1) is 15.1. The summed E-state index contributed by atoms with van der Waals surface area (Å²) in [5.74, 6) is 0.769. The van der Waals surface area contributed by atoms with E-state index in [2.05, 4.69) is 5.32 Å². The Kier molecular flexibility index (Phi) is 7.54. The molecule has 3 unspecified atom stereocenters. The van der Waals surface area contributed by atoms with E-state index in [9.17, 15) is 9.59 Å². The highest BCUT2D eigenvalue weighted by atomic mass is 35.5.